The molecular formula is C34H38N2O11S. The molecule has 0 spiro atoms. The number of carbonyl (C=O) groups is 2. The zero-order chi connectivity index (χ0) is 34.6. The lowest BCUT2D eigenvalue weighted by Crippen LogP contribution is -2.50. The van der Waals surface area contributed by atoms with E-state index in [1.54, 1.807) is 44.2 Å². The summed E-state index contributed by atoms with van der Waals surface area (Å²) in [6.07, 6.45) is 1.06. The third kappa shape index (κ3) is 7.20. The Morgan fingerprint density at radius 3 is 2.12 bits per heavy atom. The molecule has 0 saturated carbocycles. The summed E-state index contributed by atoms with van der Waals surface area (Å²) < 4.78 is 67.0. The fourth-order valence-electron chi connectivity index (χ4n) is 5.24. The minimum Gasteiger partial charge on any atom is -0.497 e. The third-order valence-electron chi connectivity index (χ3n) is 7.84. The van der Waals surface area contributed by atoms with E-state index < -0.39 is 27.7 Å². The number of benzene rings is 3. The van der Waals surface area contributed by atoms with Crippen LogP contribution in [0, 0.1) is 0 Å². The Morgan fingerprint density at radius 1 is 0.896 bits per heavy atom. The Labute approximate surface area is 278 Å². The Kier molecular flexibility index (Phi) is 10.2. The van der Waals surface area contributed by atoms with Crippen molar-refractivity contribution in [1.29, 1.82) is 0 Å². The second-order valence-electron chi connectivity index (χ2n) is 11.4. The first-order valence-electron chi connectivity index (χ1n) is 15.0. The van der Waals surface area contributed by atoms with Gasteiger partial charge in [0.2, 0.25) is 5.75 Å². The van der Waals surface area contributed by atoms with Crippen LogP contribution < -0.4 is 24.3 Å². The summed E-state index contributed by atoms with van der Waals surface area (Å²) in [5.41, 5.74) is 1.37. The maximum Gasteiger partial charge on any atom is 0.407 e. The van der Waals surface area contributed by atoms with E-state index in [0.717, 1.165) is 9.54 Å². The van der Waals surface area contributed by atoms with E-state index in [0.29, 0.717) is 36.5 Å². The number of aromatic nitrogens is 1. The number of amides is 1. The fraction of sp³-hybridized carbons (Fsp3) is 0.353. The zero-order valence-electron chi connectivity index (χ0n) is 27.5. The summed E-state index contributed by atoms with van der Waals surface area (Å²) >= 11 is 0. The molecular weight excluding hydrogens is 644 g/mol. The first kappa shape index (κ1) is 34.5. The van der Waals surface area contributed by atoms with Gasteiger partial charge in [0.25, 0.3) is 10.0 Å². The largest absolute Gasteiger partial charge is 0.497 e. The maximum absolute atomic E-state index is 14.0. The molecule has 0 unspecified atom stereocenters. The number of hydrogen-bond acceptors (Lipinski definition) is 11. The quantitative estimate of drug-likeness (QED) is 0.210. The highest BCUT2D eigenvalue weighted by Gasteiger charge is 2.30. The summed E-state index contributed by atoms with van der Waals surface area (Å²) in [6, 6.07) is 13.8. The van der Waals surface area contributed by atoms with Crippen molar-refractivity contribution in [3.63, 3.8) is 0 Å². The Bertz CT molecular complexity index is 1880. The van der Waals surface area contributed by atoms with E-state index in [1.807, 2.05) is 0 Å². The lowest BCUT2D eigenvalue weighted by molar-refractivity contribution is -0.252. The summed E-state index contributed by atoms with van der Waals surface area (Å²) in [6.45, 7) is 4.29. The molecule has 1 aromatic heterocycles. The monoisotopic (exact) mass is 682 g/mol. The average molecular weight is 683 g/mol. The van der Waals surface area contributed by atoms with Crippen molar-refractivity contribution < 1.29 is 51.2 Å². The SMILES string of the molecule is COc1ccc2c(C(=O)c3cc(OC)c(OC)c(OC)c3)cn(S(=O)(=O)c3ccc(CCOC(=O)NC4COC(C)(C)OC4)cc3)c2c1. The highest BCUT2D eigenvalue weighted by atomic mass is 32.2. The second kappa shape index (κ2) is 14.1. The van der Waals surface area contributed by atoms with E-state index >= 15 is 0 Å². The van der Waals surface area contributed by atoms with Crippen LogP contribution in [-0.4, -0.2) is 84.4 Å². The second-order valence-corrected chi connectivity index (χ2v) is 13.2. The van der Waals surface area contributed by atoms with Crippen molar-refractivity contribution in [1.82, 2.24) is 9.29 Å². The van der Waals surface area contributed by atoms with E-state index in [4.69, 9.17) is 33.2 Å². The predicted octanol–water partition coefficient (Wildman–Crippen LogP) is 4.56. The van der Waals surface area contributed by atoms with Gasteiger partial charge in [-0.2, -0.15) is 0 Å². The molecule has 256 valence electrons. The van der Waals surface area contributed by atoms with Crippen LogP contribution in [0.15, 0.2) is 65.7 Å². The Balaban J connectivity index is 1.36. The molecule has 1 aliphatic heterocycles. The van der Waals surface area contributed by atoms with E-state index in [1.165, 1.54) is 58.9 Å². The molecule has 3 aromatic carbocycles. The van der Waals surface area contributed by atoms with Gasteiger partial charge < -0.3 is 38.5 Å². The van der Waals surface area contributed by atoms with Crippen molar-refractivity contribution in [3.05, 3.63) is 77.5 Å². The molecule has 5 rings (SSSR count). The average Bonchev–Trinajstić information content (AvgIpc) is 3.48. The van der Waals surface area contributed by atoms with Gasteiger partial charge in [0.1, 0.15) is 5.75 Å². The van der Waals surface area contributed by atoms with Gasteiger partial charge in [-0.1, -0.05) is 12.1 Å². The highest BCUT2D eigenvalue weighted by molar-refractivity contribution is 7.90. The molecule has 4 aromatic rings. The maximum atomic E-state index is 14.0. The number of nitrogens with zero attached hydrogens (tertiary/aromatic N) is 1. The Morgan fingerprint density at radius 2 is 1.54 bits per heavy atom. The first-order valence-corrected chi connectivity index (χ1v) is 16.4. The van der Waals surface area contributed by atoms with Gasteiger partial charge >= 0.3 is 6.09 Å². The van der Waals surface area contributed by atoms with Crippen LogP contribution in [0.1, 0.15) is 35.3 Å². The lowest BCUT2D eigenvalue weighted by Gasteiger charge is -2.34. The van der Waals surface area contributed by atoms with Crippen LogP contribution in [0.5, 0.6) is 23.0 Å². The summed E-state index contributed by atoms with van der Waals surface area (Å²) in [7, 11) is 1.63. The lowest BCUT2D eigenvalue weighted by atomic mass is 10.0. The third-order valence-corrected chi connectivity index (χ3v) is 9.53. The van der Waals surface area contributed by atoms with Crippen molar-refractivity contribution in [2.24, 2.45) is 0 Å². The van der Waals surface area contributed by atoms with E-state index in [-0.39, 0.29) is 45.7 Å². The number of alkyl carbamates (subject to hydrolysis) is 1. The molecule has 1 N–H and O–H groups in total. The molecule has 2 heterocycles. The number of nitrogens with one attached hydrogen (secondary N) is 1. The van der Waals surface area contributed by atoms with Crippen LogP contribution in [0.4, 0.5) is 4.79 Å². The number of methoxy groups -OCH3 is 4. The number of ether oxygens (including phenoxy) is 7. The molecule has 14 heteroatoms. The van der Waals surface area contributed by atoms with Crippen molar-refractivity contribution in [2.45, 2.75) is 37.0 Å². The number of ketones is 1. The van der Waals surface area contributed by atoms with Gasteiger partial charge in [-0.15, -0.1) is 0 Å². The summed E-state index contributed by atoms with van der Waals surface area (Å²) in [5, 5.41) is 3.11. The minimum absolute atomic E-state index is 0.00311. The molecule has 0 atom stereocenters. The highest BCUT2D eigenvalue weighted by Crippen LogP contribution is 2.39. The summed E-state index contributed by atoms with van der Waals surface area (Å²) in [4.78, 5) is 26.1. The van der Waals surface area contributed by atoms with Gasteiger partial charge in [-0.05, 0) is 55.8 Å². The smallest absolute Gasteiger partial charge is 0.407 e. The van der Waals surface area contributed by atoms with Crippen LogP contribution in [-0.2, 0) is 30.7 Å². The number of hydrogen-bond donors (Lipinski definition) is 1. The molecule has 1 saturated heterocycles. The fourth-order valence-corrected chi connectivity index (χ4v) is 6.60. The van der Waals surface area contributed by atoms with Crippen LogP contribution in [0.25, 0.3) is 10.9 Å². The van der Waals surface area contributed by atoms with Crippen molar-refractivity contribution in [3.8, 4) is 23.0 Å². The van der Waals surface area contributed by atoms with Gasteiger partial charge in [0.05, 0.1) is 64.7 Å². The molecule has 13 nitrogen and oxygen atoms in total. The zero-order valence-corrected chi connectivity index (χ0v) is 28.3. The van der Waals surface area contributed by atoms with Gasteiger partial charge in [-0.25, -0.2) is 17.2 Å². The topological polar surface area (TPSA) is 150 Å². The molecule has 0 radical (unpaired) electrons. The van der Waals surface area contributed by atoms with Gasteiger partial charge in [0, 0.05) is 35.2 Å². The van der Waals surface area contributed by atoms with Crippen LogP contribution in [0.2, 0.25) is 0 Å². The Hall–Kier alpha value is -4.79. The number of carbonyl (C=O) groups excluding carboxylic acids is 2. The van der Waals surface area contributed by atoms with Crippen LogP contribution in [0.3, 0.4) is 0 Å². The van der Waals surface area contributed by atoms with Gasteiger partial charge in [0.15, 0.2) is 23.1 Å². The first-order chi connectivity index (χ1) is 22.9. The number of rotatable bonds is 12. The summed E-state index contributed by atoms with van der Waals surface area (Å²) in [5.74, 6) is 0.145. The normalized spacial score (nSPS) is 14.7. The molecule has 48 heavy (non-hydrogen) atoms. The molecule has 0 bridgehead atoms. The molecule has 1 amide bonds. The minimum atomic E-state index is -4.18. The van der Waals surface area contributed by atoms with Gasteiger partial charge in [-0.3, -0.25) is 4.79 Å². The number of fused-ring (bicyclic) bond motifs is 1. The van der Waals surface area contributed by atoms with Crippen LogP contribution >= 0.6 is 0 Å². The standard InChI is InChI=1S/C34H38N2O11S/c1-34(2)46-19-23(20-47-34)35-33(38)45-14-13-21-7-10-25(11-8-21)48(39,40)36-18-27(26-12-9-24(41-3)17-28(26)36)31(37)22-15-29(42-4)32(44-6)30(16-22)43-5/h7-12,15-18,23H,13-14,19-20H2,1-6H3,(H,35,38). The van der Waals surface area contributed by atoms with Crippen molar-refractivity contribution in [2.75, 3.05) is 48.3 Å². The molecule has 1 aliphatic rings. The van der Waals surface area contributed by atoms with Crippen molar-refractivity contribution >= 4 is 32.8 Å². The molecule has 0 aliphatic carbocycles. The molecule has 1 fully saturated rings. The van der Waals surface area contributed by atoms with E-state index in [2.05, 4.69) is 5.32 Å². The predicted molar refractivity (Wildman–Crippen MR) is 175 cm³/mol. The van der Waals surface area contributed by atoms with E-state index in [9.17, 15) is 18.0 Å².